The van der Waals surface area contributed by atoms with Crippen LogP contribution >= 0.6 is 12.4 Å². The van der Waals surface area contributed by atoms with E-state index >= 15 is 0 Å². The van der Waals surface area contributed by atoms with Crippen LogP contribution in [0.2, 0.25) is 0 Å². The molecule has 0 fully saturated rings. The number of aryl methyl sites for hydroxylation is 1. The molecule has 22 heavy (non-hydrogen) atoms. The highest BCUT2D eigenvalue weighted by atomic mass is 35.5. The molecule has 1 aromatic rings. The van der Waals surface area contributed by atoms with Gasteiger partial charge in [0.1, 0.15) is 0 Å². The number of nitrogens with two attached hydrogens (primary N) is 1. The van der Waals surface area contributed by atoms with Crippen molar-refractivity contribution in [3.05, 3.63) is 35.4 Å². The number of hydrogen-bond donors (Lipinski definition) is 2. The number of carbonyl (C=O) groups excluding carboxylic acids is 1. The first-order chi connectivity index (χ1) is 9.96. The molecular weight excluding hydrogens is 310 g/mol. The Bertz CT molecular complexity index is 471. The molecule has 126 valence electrons. The molecule has 0 saturated carbocycles. The number of carbonyl (C=O) groups is 1. The third-order valence-electron chi connectivity index (χ3n) is 4.00. The number of benzene rings is 1. The maximum Gasteiger partial charge on any atom is 0.220 e. The topological polar surface area (TPSA) is 55.1 Å². The van der Waals surface area contributed by atoms with E-state index in [1.165, 1.54) is 6.07 Å². The quantitative estimate of drug-likeness (QED) is 0.766. The highest BCUT2D eigenvalue weighted by Gasteiger charge is 2.25. The monoisotopic (exact) mass is 334 g/mol. The molecule has 1 rings (SSSR count). The molecule has 6 heteroatoms. The number of nitrogens with one attached hydrogen (secondary N) is 1. The van der Waals surface area contributed by atoms with Gasteiger partial charge in [-0.05, 0) is 43.4 Å². The second kappa shape index (κ2) is 9.74. The summed E-state index contributed by atoms with van der Waals surface area (Å²) in [5.41, 5.74) is 6.09. The first-order valence-corrected chi connectivity index (χ1v) is 7.41. The molecule has 0 aliphatic heterocycles. The number of hydrogen-bond acceptors (Lipinski definition) is 2. The van der Waals surface area contributed by atoms with Crippen molar-refractivity contribution in [2.75, 3.05) is 6.54 Å². The lowest BCUT2D eigenvalue weighted by Gasteiger charge is -2.31. The van der Waals surface area contributed by atoms with E-state index in [-0.39, 0.29) is 23.9 Å². The number of amides is 1. The molecule has 0 unspecified atom stereocenters. The van der Waals surface area contributed by atoms with Gasteiger partial charge in [-0.3, -0.25) is 4.79 Å². The molecule has 1 amide bonds. The molecule has 0 aliphatic carbocycles. The Labute approximate surface area is 137 Å². The maximum absolute atomic E-state index is 13.1. The molecule has 0 saturated heterocycles. The second-order valence-electron chi connectivity index (χ2n) is 5.34. The summed E-state index contributed by atoms with van der Waals surface area (Å²) < 4.78 is 25.9. The Balaban J connectivity index is 0.00000441. The molecule has 1 aromatic carbocycles. The molecule has 0 heterocycles. The largest absolute Gasteiger partial charge is 0.349 e. The zero-order valence-corrected chi connectivity index (χ0v) is 13.9. The van der Waals surface area contributed by atoms with Crippen molar-refractivity contribution in [1.82, 2.24) is 5.32 Å². The van der Waals surface area contributed by atoms with Crippen molar-refractivity contribution in [2.24, 2.45) is 5.73 Å². The molecular formula is C16H25ClF2N2O. The summed E-state index contributed by atoms with van der Waals surface area (Å²) in [5.74, 6) is -1.75. The van der Waals surface area contributed by atoms with Crippen molar-refractivity contribution in [2.45, 2.75) is 51.5 Å². The van der Waals surface area contributed by atoms with Gasteiger partial charge < -0.3 is 11.1 Å². The first-order valence-electron chi connectivity index (χ1n) is 7.41. The zero-order valence-electron chi connectivity index (χ0n) is 13.1. The summed E-state index contributed by atoms with van der Waals surface area (Å²) in [7, 11) is 0. The Hall–Kier alpha value is -1.20. The molecule has 3 nitrogen and oxygen atoms in total. The van der Waals surface area contributed by atoms with Crippen molar-refractivity contribution < 1.29 is 13.6 Å². The molecule has 0 aliphatic rings. The average Bonchev–Trinajstić information content (AvgIpc) is 2.48. The van der Waals surface area contributed by atoms with E-state index in [9.17, 15) is 13.6 Å². The standard InChI is InChI=1S/C16H24F2N2O.ClH/c1-3-16(4-2,11-19)20-15(21)7-5-6-12-8-9-13(17)14(18)10-12;/h8-10H,3-7,11,19H2,1-2H3,(H,20,21);1H. The van der Waals surface area contributed by atoms with Gasteiger partial charge in [-0.25, -0.2) is 8.78 Å². The smallest absolute Gasteiger partial charge is 0.220 e. The van der Waals surface area contributed by atoms with Gasteiger partial charge in [0.15, 0.2) is 11.6 Å². The summed E-state index contributed by atoms with van der Waals surface area (Å²) in [6.45, 7) is 4.41. The highest BCUT2D eigenvalue weighted by Crippen LogP contribution is 2.15. The number of rotatable bonds is 8. The maximum atomic E-state index is 13.1. The molecule has 0 radical (unpaired) electrons. The van der Waals surface area contributed by atoms with Crippen LogP contribution in [0.15, 0.2) is 18.2 Å². The summed E-state index contributed by atoms with van der Waals surface area (Å²) >= 11 is 0. The lowest BCUT2D eigenvalue weighted by Crippen LogP contribution is -2.52. The Morgan fingerprint density at radius 3 is 2.36 bits per heavy atom. The fourth-order valence-corrected chi connectivity index (χ4v) is 2.27. The predicted molar refractivity (Wildman–Crippen MR) is 87.1 cm³/mol. The van der Waals surface area contributed by atoms with Gasteiger partial charge in [0.25, 0.3) is 0 Å². The Morgan fingerprint density at radius 2 is 1.86 bits per heavy atom. The van der Waals surface area contributed by atoms with Gasteiger partial charge in [-0.1, -0.05) is 19.9 Å². The van der Waals surface area contributed by atoms with E-state index < -0.39 is 11.6 Å². The van der Waals surface area contributed by atoms with E-state index in [1.807, 2.05) is 13.8 Å². The van der Waals surface area contributed by atoms with Gasteiger partial charge in [0.05, 0.1) is 5.54 Å². The second-order valence-corrected chi connectivity index (χ2v) is 5.34. The van der Waals surface area contributed by atoms with Crippen LogP contribution in [-0.2, 0) is 11.2 Å². The van der Waals surface area contributed by atoms with E-state index in [2.05, 4.69) is 5.32 Å². The fourth-order valence-electron chi connectivity index (χ4n) is 2.27. The first kappa shape index (κ1) is 20.8. The third kappa shape index (κ3) is 5.89. The van der Waals surface area contributed by atoms with Crippen LogP contribution in [0, 0.1) is 11.6 Å². The SMILES string of the molecule is CCC(CC)(CN)NC(=O)CCCc1ccc(F)c(F)c1.Cl. The van der Waals surface area contributed by atoms with E-state index in [4.69, 9.17) is 5.73 Å². The van der Waals surface area contributed by atoms with E-state index in [0.29, 0.717) is 31.4 Å². The molecule has 0 aromatic heterocycles. The normalized spacial score (nSPS) is 11.0. The Kier molecular flexibility index (Phi) is 9.21. The van der Waals surface area contributed by atoms with Gasteiger partial charge in [-0.15, -0.1) is 12.4 Å². The molecule has 0 atom stereocenters. The van der Waals surface area contributed by atoms with Crippen LogP contribution < -0.4 is 11.1 Å². The van der Waals surface area contributed by atoms with Crippen molar-refractivity contribution in [3.63, 3.8) is 0 Å². The summed E-state index contributed by atoms with van der Waals surface area (Å²) in [6, 6.07) is 3.83. The van der Waals surface area contributed by atoms with Crippen molar-refractivity contribution in [1.29, 1.82) is 0 Å². The van der Waals surface area contributed by atoms with E-state index in [1.54, 1.807) is 6.07 Å². The minimum atomic E-state index is -0.852. The Morgan fingerprint density at radius 1 is 1.23 bits per heavy atom. The van der Waals surface area contributed by atoms with Crippen molar-refractivity contribution >= 4 is 18.3 Å². The summed E-state index contributed by atoms with van der Waals surface area (Å²) in [6.07, 6.45) is 3.05. The fraction of sp³-hybridized carbons (Fsp3) is 0.562. The minimum Gasteiger partial charge on any atom is -0.349 e. The van der Waals surface area contributed by atoms with Crippen molar-refractivity contribution in [3.8, 4) is 0 Å². The van der Waals surface area contributed by atoms with Crippen LogP contribution in [0.3, 0.4) is 0 Å². The summed E-state index contributed by atoms with van der Waals surface area (Å²) in [5, 5.41) is 2.99. The van der Waals surface area contributed by atoms with Gasteiger partial charge in [0, 0.05) is 13.0 Å². The van der Waals surface area contributed by atoms with Gasteiger partial charge in [0.2, 0.25) is 5.91 Å². The highest BCUT2D eigenvalue weighted by molar-refractivity contribution is 5.85. The van der Waals surface area contributed by atoms with Crippen LogP contribution in [0.4, 0.5) is 8.78 Å². The van der Waals surface area contributed by atoms with Crippen LogP contribution in [0.5, 0.6) is 0 Å². The number of halogens is 3. The van der Waals surface area contributed by atoms with Crippen LogP contribution in [0.25, 0.3) is 0 Å². The van der Waals surface area contributed by atoms with Gasteiger partial charge in [-0.2, -0.15) is 0 Å². The molecule has 0 spiro atoms. The van der Waals surface area contributed by atoms with Gasteiger partial charge >= 0.3 is 0 Å². The minimum absolute atomic E-state index is 0. The molecule has 0 bridgehead atoms. The van der Waals surface area contributed by atoms with Crippen LogP contribution in [0.1, 0.15) is 45.1 Å². The third-order valence-corrected chi connectivity index (χ3v) is 4.00. The zero-order chi connectivity index (χ0) is 15.9. The van der Waals surface area contributed by atoms with E-state index in [0.717, 1.165) is 18.9 Å². The predicted octanol–water partition coefficient (Wildman–Crippen LogP) is 3.34. The molecule has 3 N–H and O–H groups in total. The van der Waals surface area contributed by atoms with Crippen LogP contribution in [-0.4, -0.2) is 18.0 Å². The lowest BCUT2D eigenvalue weighted by molar-refractivity contribution is -0.123. The summed E-state index contributed by atoms with van der Waals surface area (Å²) in [4.78, 5) is 11.9. The lowest BCUT2D eigenvalue weighted by atomic mass is 9.92. The average molecular weight is 335 g/mol.